The smallest absolute Gasteiger partial charge is 0.318 e. The van der Waals surface area contributed by atoms with Crippen LogP contribution in [-0.4, -0.2) is 36.8 Å². The summed E-state index contributed by atoms with van der Waals surface area (Å²) in [7, 11) is 3.19. The summed E-state index contributed by atoms with van der Waals surface area (Å²) in [4.78, 5) is 8.02. The number of hydrogen-bond acceptors (Lipinski definition) is 5. The van der Waals surface area contributed by atoms with Crippen molar-refractivity contribution >= 4 is 17.4 Å². The second-order valence-electron chi connectivity index (χ2n) is 3.38. The lowest BCUT2D eigenvalue weighted by Gasteiger charge is -2.14. The fourth-order valence-electron chi connectivity index (χ4n) is 1.15. The molecular formula is C10H16ClN3O2. The fourth-order valence-corrected chi connectivity index (χ4v) is 1.30. The van der Waals surface area contributed by atoms with Crippen molar-refractivity contribution in [3.8, 4) is 6.01 Å². The molecule has 1 N–H and O–H groups in total. The highest BCUT2D eigenvalue weighted by Gasteiger charge is 2.08. The van der Waals surface area contributed by atoms with Crippen LogP contribution in [0.25, 0.3) is 0 Å². The van der Waals surface area contributed by atoms with Crippen molar-refractivity contribution in [2.24, 2.45) is 0 Å². The van der Waals surface area contributed by atoms with Crippen molar-refractivity contribution in [2.75, 3.05) is 26.1 Å². The summed E-state index contributed by atoms with van der Waals surface area (Å²) in [5.74, 6) is 0.581. The number of methoxy groups -OCH3 is 2. The Morgan fingerprint density at radius 2 is 2.25 bits per heavy atom. The quantitative estimate of drug-likeness (QED) is 0.831. The van der Waals surface area contributed by atoms with E-state index in [1.54, 1.807) is 7.11 Å². The molecule has 5 nitrogen and oxygen atoms in total. The Kier molecular flexibility index (Phi) is 5.28. The summed E-state index contributed by atoms with van der Waals surface area (Å²) in [6, 6.07) is 0.517. The zero-order valence-electron chi connectivity index (χ0n) is 9.66. The van der Waals surface area contributed by atoms with E-state index in [4.69, 9.17) is 21.1 Å². The van der Waals surface area contributed by atoms with Crippen LogP contribution in [0.5, 0.6) is 6.01 Å². The van der Waals surface area contributed by atoms with E-state index in [9.17, 15) is 0 Å². The molecule has 1 aromatic rings. The first-order valence-corrected chi connectivity index (χ1v) is 5.37. The minimum absolute atomic E-state index is 0.219. The summed E-state index contributed by atoms with van der Waals surface area (Å²) >= 11 is 5.96. The maximum absolute atomic E-state index is 5.96. The first-order valence-electron chi connectivity index (χ1n) is 4.99. The molecule has 0 spiro atoms. The lowest BCUT2D eigenvalue weighted by atomic mass is 10.2. The van der Waals surface area contributed by atoms with Crippen molar-refractivity contribution in [1.29, 1.82) is 0 Å². The molecule has 0 aromatic carbocycles. The highest BCUT2D eigenvalue weighted by molar-refractivity contribution is 6.32. The van der Waals surface area contributed by atoms with Gasteiger partial charge in [-0.25, -0.2) is 4.98 Å². The molecule has 0 bridgehead atoms. The van der Waals surface area contributed by atoms with Gasteiger partial charge in [-0.3, -0.25) is 0 Å². The molecule has 0 radical (unpaired) electrons. The van der Waals surface area contributed by atoms with Gasteiger partial charge in [-0.05, 0) is 13.3 Å². The third kappa shape index (κ3) is 3.83. The standard InChI is InChI=1S/C10H16ClN3O2/c1-7(4-5-15-2)13-9-8(11)6-12-10(14-9)16-3/h6-7H,4-5H2,1-3H3,(H,12,13,14). The Hall–Kier alpha value is -1.07. The molecule has 0 amide bonds. The fraction of sp³-hybridized carbons (Fsp3) is 0.600. The van der Waals surface area contributed by atoms with Gasteiger partial charge in [0, 0.05) is 19.8 Å². The average molecular weight is 246 g/mol. The lowest BCUT2D eigenvalue weighted by Crippen LogP contribution is -2.18. The maximum atomic E-state index is 5.96. The number of anilines is 1. The van der Waals surface area contributed by atoms with Gasteiger partial charge in [0.25, 0.3) is 0 Å². The molecule has 1 atom stereocenters. The largest absolute Gasteiger partial charge is 0.467 e. The number of ether oxygens (including phenoxy) is 2. The molecule has 0 saturated heterocycles. The summed E-state index contributed by atoms with van der Waals surface area (Å²) in [6.07, 6.45) is 2.39. The van der Waals surface area contributed by atoms with Crippen molar-refractivity contribution in [3.63, 3.8) is 0 Å². The van der Waals surface area contributed by atoms with E-state index in [0.717, 1.165) is 6.42 Å². The number of aromatic nitrogens is 2. The number of hydrogen-bond donors (Lipinski definition) is 1. The van der Waals surface area contributed by atoms with Crippen LogP contribution in [0.2, 0.25) is 5.02 Å². The molecular weight excluding hydrogens is 230 g/mol. The number of nitrogens with one attached hydrogen (secondary N) is 1. The summed E-state index contributed by atoms with van der Waals surface area (Å²) in [6.45, 7) is 2.72. The molecule has 0 aliphatic rings. The van der Waals surface area contributed by atoms with Gasteiger partial charge < -0.3 is 14.8 Å². The first-order chi connectivity index (χ1) is 7.67. The van der Waals surface area contributed by atoms with Crippen LogP contribution in [0.1, 0.15) is 13.3 Å². The van der Waals surface area contributed by atoms with E-state index >= 15 is 0 Å². The van der Waals surface area contributed by atoms with Crippen LogP contribution in [-0.2, 0) is 4.74 Å². The summed E-state index contributed by atoms with van der Waals surface area (Å²) in [5, 5.41) is 3.65. The summed E-state index contributed by atoms with van der Waals surface area (Å²) in [5.41, 5.74) is 0. The van der Waals surface area contributed by atoms with Gasteiger partial charge >= 0.3 is 6.01 Å². The highest BCUT2D eigenvalue weighted by atomic mass is 35.5. The van der Waals surface area contributed by atoms with E-state index in [2.05, 4.69) is 15.3 Å². The second kappa shape index (κ2) is 6.50. The van der Waals surface area contributed by atoms with Crippen LogP contribution in [0.4, 0.5) is 5.82 Å². The van der Waals surface area contributed by atoms with Gasteiger partial charge in [0.15, 0.2) is 5.82 Å². The van der Waals surface area contributed by atoms with Gasteiger partial charge in [-0.1, -0.05) is 11.6 Å². The number of halogens is 1. The van der Waals surface area contributed by atoms with Crippen LogP contribution < -0.4 is 10.1 Å². The Balaban J connectivity index is 2.64. The zero-order valence-corrected chi connectivity index (χ0v) is 10.4. The van der Waals surface area contributed by atoms with Crippen LogP contribution in [0.3, 0.4) is 0 Å². The lowest BCUT2D eigenvalue weighted by molar-refractivity contribution is 0.191. The average Bonchev–Trinajstić information content (AvgIpc) is 2.29. The molecule has 16 heavy (non-hydrogen) atoms. The van der Waals surface area contributed by atoms with Gasteiger partial charge in [0.1, 0.15) is 5.02 Å². The van der Waals surface area contributed by atoms with Crippen molar-refractivity contribution < 1.29 is 9.47 Å². The molecule has 6 heteroatoms. The summed E-state index contributed by atoms with van der Waals surface area (Å²) < 4.78 is 9.92. The van der Waals surface area contributed by atoms with Gasteiger partial charge in [-0.2, -0.15) is 4.98 Å². The van der Waals surface area contributed by atoms with E-state index in [-0.39, 0.29) is 6.04 Å². The molecule has 1 heterocycles. The van der Waals surface area contributed by atoms with E-state index in [0.29, 0.717) is 23.5 Å². The Morgan fingerprint density at radius 1 is 1.50 bits per heavy atom. The molecule has 0 aliphatic heterocycles. The van der Waals surface area contributed by atoms with E-state index in [1.165, 1.54) is 13.3 Å². The Morgan fingerprint density at radius 3 is 2.88 bits per heavy atom. The van der Waals surface area contributed by atoms with Crippen molar-refractivity contribution in [1.82, 2.24) is 9.97 Å². The Bertz CT molecular complexity index is 336. The molecule has 1 aromatic heterocycles. The first kappa shape index (κ1) is 13.0. The van der Waals surface area contributed by atoms with E-state index in [1.807, 2.05) is 6.92 Å². The predicted molar refractivity (Wildman–Crippen MR) is 63.2 cm³/mol. The van der Waals surface area contributed by atoms with Crippen molar-refractivity contribution in [2.45, 2.75) is 19.4 Å². The minimum atomic E-state index is 0.219. The molecule has 1 unspecified atom stereocenters. The van der Waals surface area contributed by atoms with Crippen LogP contribution in [0, 0.1) is 0 Å². The topological polar surface area (TPSA) is 56.3 Å². The van der Waals surface area contributed by atoms with Crippen LogP contribution >= 0.6 is 11.6 Å². The van der Waals surface area contributed by atoms with Crippen molar-refractivity contribution in [3.05, 3.63) is 11.2 Å². The van der Waals surface area contributed by atoms with E-state index < -0.39 is 0 Å². The second-order valence-corrected chi connectivity index (χ2v) is 3.79. The van der Waals surface area contributed by atoms with Gasteiger partial charge in [0.05, 0.1) is 13.3 Å². The molecule has 0 aliphatic carbocycles. The Labute approximate surface area is 100 Å². The third-order valence-corrected chi connectivity index (χ3v) is 2.32. The van der Waals surface area contributed by atoms with Crippen LogP contribution in [0.15, 0.2) is 6.20 Å². The monoisotopic (exact) mass is 245 g/mol. The highest BCUT2D eigenvalue weighted by Crippen LogP contribution is 2.21. The molecule has 0 saturated carbocycles. The SMILES string of the molecule is COCCC(C)Nc1nc(OC)ncc1Cl. The maximum Gasteiger partial charge on any atom is 0.318 e. The number of nitrogens with zero attached hydrogens (tertiary/aromatic N) is 2. The normalized spacial score (nSPS) is 12.2. The third-order valence-electron chi connectivity index (χ3n) is 2.04. The minimum Gasteiger partial charge on any atom is -0.467 e. The van der Waals surface area contributed by atoms with Gasteiger partial charge in [0.2, 0.25) is 0 Å². The predicted octanol–water partition coefficient (Wildman–Crippen LogP) is 1.98. The molecule has 90 valence electrons. The number of rotatable bonds is 6. The molecule has 1 rings (SSSR count). The molecule has 0 fully saturated rings. The van der Waals surface area contributed by atoms with Gasteiger partial charge in [-0.15, -0.1) is 0 Å². The zero-order chi connectivity index (χ0) is 12.0.